The van der Waals surface area contributed by atoms with Gasteiger partial charge >= 0.3 is 0 Å². The maximum atomic E-state index is 11.6. The summed E-state index contributed by atoms with van der Waals surface area (Å²) in [7, 11) is 0. The molecule has 4 heteroatoms. The summed E-state index contributed by atoms with van der Waals surface area (Å²) in [5, 5.41) is 11.3. The average Bonchev–Trinajstić information content (AvgIpc) is 2.75. The molecule has 33 heavy (non-hydrogen) atoms. The van der Waals surface area contributed by atoms with Crippen molar-refractivity contribution in [1.82, 2.24) is 0 Å². The zero-order valence-electron chi connectivity index (χ0n) is 20.3. The molecule has 0 aliphatic carbocycles. The Bertz CT molecular complexity index is 1070. The van der Waals surface area contributed by atoms with Crippen LogP contribution in [0, 0.1) is 0 Å². The molecule has 0 bridgehead atoms. The van der Waals surface area contributed by atoms with Crippen molar-refractivity contribution in [3.8, 4) is 5.75 Å². The normalized spacial score (nSPS) is 14.0. The molecule has 2 nitrogen and oxygen atoms in total. The van der Waals surface area contributed by atoms with Crippen LogP contribution in [-0.4, -0.2) is 17.1 Å². The predicted octanol–water partition coefficient (Wildman–Crippen LogP) is 7.97. The number of thioether (sulfide) groups is 1. The first-order valence-corrected chi connectivity index (χ1v) is 13.0. The molecule has 1 atom stereocenters. The van der Waals surface area contributed by atoms with Crippen molar-refractivity contribution >= 4 is 34.0 Å². The average molecular weight is 526 g/mol. The molecule has 0 amide bonds. The van der Waals surface area contributed by atoms with Gasteiger partial charge in [-0.25, -0.2) is 0 Å². The Hall–Kier alpha value is -2.04. The third kappa shape index (κ3) is 5.22. The second-order valence-corrected chi connectivity index (χ2v) is 12.6. The number of aromatic hydroxyl groups is 1. The third-order valence-corrected chi connectivity index (χ3v) is 7.90. The fourth-order valence-corrected chi connectivity index (χ4v) is 5.72. The van der Waals surface area contributed by atoms with Gasteiger partial charge in [0.1, 0.15) is 12.0 Å². The van der Waals surface area contributed by atoms with Crippen LogP contribution in [0.3, 0.4) is 0 Å². The third-order valence-electron chi connectivity index (χ3n) is 5.93. The van der Waals surface area contributed by atoms with Crippen LogP contribution in [0.2, 0.25) is 0 Å². The van der Waals surface area contributed by atoms with Crippen LogP contribution in [0.15, 0.2) is 71.2 Å². The molecule has 0 aromatic heterocycles. The molecule has 3 aromatic carbocycles. The maximum Gasteiger partial charge on any atom is 0.129 e. The highest BCUT2D eigenvalue weighted by atomic mass is 79.9. The van der Waals surface area contributed by atoms with Crippen molar-refractivity contribution in [2.24, 2.45) is 0 Å². The van der Waals surface area contributed by atoms with Gasteiger partial charge < -0.3 is 9.90 Å². The Morgan fingerprint density at radius 2 is 1.27 bits per heavy atom. The number of phenols is 1. The first-order chi connectivity index (χ1) is 15.4. The fourth-order valence-electron chi connectivity index (χ4n) is 4.25. The number of carbonyl (C=O) groups is 1. The minimum absolute atomic E-state index is 0.252. The second kappa shape index (κ2) is 9.68. The van der Waals surface area contributed by atoms with E-state index in [4.69, 9.17) is 0 Å². The number of hydrogen-bond acceptors (Lipinski definition) is 3. The Morgan fingerprint density at radius 1 is 0.788 bits per heavy atom. The van der Waals surface area contributed by atoms with Gasteiger partial charge in [0.2, 0.25) is 0 Å². The van der Waals surface area contributed by atoms with Crippen LogP contribution >= 0.6 is 27.7 Å². The monoisotopic (exact) mass is 524 g/mol. The summed E-state index contributed by atoms with van der Waals surface area (Å²) < 4.78 is 0.390. The molecule has 0 heterocycles. The molecule has 0 aliphatic rings. The van der Waals surface area contributed by atoms with Crippen LogP contribution < -0.4 is 0 Å². The first kappa shape index (κ1) is 25.6. The number of aldehydes is 1. The lowest BCUT2D eigenvalue weighted by Crippen LogP contribution is -2.28. The number of halogens is 1. The molecule has 0 spiro atoms. The number of carbonyl (C=O) groups excluding carboxylic acids is 1. The van der Waals surface area contributed by atoms with Crippen LogP contribution in [0.4, 0.5) is 0 Å². The van der Waals surface area contributed by atoms with Crippen LogP contribution in [-0.2, 0) is 20.4 Å². The summed E-state index contributed by atoms with van der Waals surface area (Å²) in [6, 6.07) is 23.0. The van der Waals surface area contributed by atoms with E-state index in [0.717, 1.165) is 38.6 Å². The van der Waals surface area contributed by atoms with Gasteiger partial charge in [0.05, 0.1) is 10.5 Å². The predicted molar refractivity (Wildman–Crippen MR) is 144 cm³/mol. The molecule has 0 saturated carbocycles. The highest BCUT2D eigenvalue weighted by Crippen LogP contribution is 2.51. The van der Waals surface area contributed by atoms with Crippen LogP contribution in [0.1, 0.15) is 69.4 Å². The zero-order valence-corrected chi connectivity index (χ0v) is 22.7. The summed E-state index contributed by atoms with van der Waals surface area (Å²) in [5.74, 6) is 0.707. The highest BCUT2D eigenvalue weighted by molar-refractivity contribution is 9.10. The van der Waals surface area contributed by atoms with E-state index in [9.17, 15) is 9.90 Å². The van der Waals surface area contributed by atoms with Crippen molar-refractivity contribution in [3.05, 3.63) is 99.0 Å². The largest absolute Gasteiger partial charge is 0.507 e. The Balaban J connectivity index is 2.49. The molecule has 0 saturated heterocycles. The van der Waals surface area contributed by atoms with Gasteiger partial charge in [-0.3, -0.25) is 0 Å². The van der Waals surface area contributed by atoms with Crippen LogP contribution in [0.5, 0.6) is 5.75 Å². The van der Waals surface area contributed by atoms with Crippen molar-refractivity contribution in [1.29, 1.82) is 0 Å². The Kier molecular flexibility index (Phi) is 7.50. The summed E-state index contributed by atoms with van der Waals surface area (Å²) in [6.07, 6.45) is 0.969. The van der Waals surface area contributed by atoms with E-state index in [0.29, 0.717) is 11.5 Å². The van der Waals surface area contributed by atoms with Crippen molar-refractivity contribution < 1.29 is 9.90 Å². The Morgan fingerprint density at radius 3 is 1.73 bits per heavy atom. The molecule has 0 aliphatic heterocycles. The first-order valence-electron chi connectivity index (χ1n) is 11.2. The quantitative estimate of drug-likeness (QED) is 0.262. The molecule has 174 valence electrons. The standard InChI is InChI=1S/C29H33BrO2S/c1-27(2,3)24-18-22(19-25(26(24)32)28(4,5)6)29(33-17-16-31,20-10-8-7-9-11-20)21-12-14-23(30)15-13-21/h7-16,18-19,32H,17H2,1-6H3. The number of rotatable bonds is 6. The van der Waals surface area contributed by atoms with E-state index in [-0.39, 0.29) is 10.8 Å². The van der Waals surface area contributed by atoms with E-state index in [1.54, 1.807) is 11.8 Å². The molecule has 0 radical (unpaired) electrons. The van der Waals surface area contributed by atoms with Crippen molar-refractivity contribution in [3.63, 3.8) is 0 Å². The van der Waals surface area contributed by atoms with Crippen LogP contribution in [0.25, 0.3) is 0 Å². The smallest absolute Gasteiger partial charge is 0.129 e. The minimum Gasteiger partial charge on any atom is -0.507 e. The number of phenolic OH excluding ortho intramolecular Hbond substituents is 1. The number of hydrogen-bond donors (Lipinski definition) is 1. The summed E-state index contributed by atoms with van der Waals surface area (Å²) >= 11 is 5.18. The van der Waals surface area contributed by atoms with E-state index >= 15 is 0 Å². The highest BCUT2D eigenvalue weighted by Gasteiger charge is 2.39. The van der Waals surface area contributed by atoms with Gasteiger partial charge in [-0.05, 0) is 62.9 Å². The molecule has 3 rings (SSSR count). The maximum absolute atomic E-state index is 11.6. The zero-order chi connectivity index (χ0) is 24.4. The van der Waals surface area contributed by atoms with E-state index in [2.05, 4.69) is 93.9 Å². The lowest BCUT2D eigenvalue weighted by atomic mass is 9.74. The molecular formula is C29H33BrO2S. The lowest BCUT2D eigenvalue weighted by molar-refractivity contribution is -0.105. The number of benzene rings is 3. The SMILES string of the molecule is CC(C)(C)c1cc(C(SCC=O)(c2ccccc2)c2ccc(Br)cc2)cc(C(C)(C)C)c1O. The van der Waals surface area contributed by atoms with Crippen molar-refractivity contribution in [2.75, 3.05) is 5.75 Å². The van der Waals surface area contributed by atoms with Gasteiger partial charge in [-0.2, -0.15) is 0 Å². The van der Waals surface area contributed by atoms with Crippen molar-refractivity contribution in [2.45, 2.75) is 57.1 Å². The van der Waals surface area contributed by atoms with E-state index in [1.165, 1.54) is 0 Å². The van der Waals surface area contributed by atoms with E-state index in [1.807, 2.05) is 30.3 Å². The minimum atomic E-state index is -0.615. The van der Waals surface area contributed by atoms with Gasteiger partial charge in [0, 0.05) is 4.47 Å². The summed E-state index contributed by atoms with van der Waals surface area (Å²) in [6.45, 7) is 12.8. The molecule has 1 unspecified atom stereocenters. The lowest BCUT2D eigenvalue weighted by Gasteiger charge is -2.38. The Labute approximate surface area is 211 Å². The van der Waals surface area contributed by atoms with Gasteiger partial charge in [0.25, 0.3) is 0 Å². The van der Waals surface area contributed by atoms with Gasteiger partial charge in [-0.1, -0.05) is 99.9 Å². The molecule has 3 aromatic rings. The molecule has 1 N–H and O–H groups in total. The summed E-state index contributed by atoms with van der Waals surface area (Å²) in [5.41, 5.74) is 4.58. The topological polar surface area (TPSA) is 37.3 Å². The van der Waals surface area contributed by atoms with E-state index < -0.39 is 4.75 Å². The molecule has 0 fully saturated rings. The fraction of sp³-hybridized carbons (Fsp3) is 0.345. The summed E-state index contributed by atoms with van der Waals surface area (Å²) in [4.78, 5) is 11.6. The van der Waals surface area contributed by atoms with Gasteiger partial charge in [-0.15, -0.1) is 11.8 Å². The van der Waals surface area contributed by atoms with Gasteiger partial charge in [0.15, 0.2) is 0 Å². The molecular weight excluding hydrogens is 492 g/mol. The second-order valence-electron chi connectivity index (χ2n) is 10.5.